The minimum atomic E-state index is -1.16. The lowest BCUT2D eigenvalue weighted by molar-refractivity contribution is -0.149. The van der Waals surface area contributed by atoms with E-state index in [1.807, 2.05) is 5.48 Å². The number of hydroxylamine groups is 1. The zero-order valence-electron chi connectivity index (χ0n) is 10.6. The lowest BCUT2D eigenvalue weighted by Crippen LogP contribution is -2.27. The third kappa shape index (κ3) is 4.84. The van der Waals surface area contributed by atoms with Crippen LogP contribution in [-0.4, -0.2) is 37.8 Å². The second-order valence-corrected chi connectivity index (χ2v) is 3.57. The summed E-state index contributed by atoms with van der Waals surface area (Å²) in [4.78, 5) is 26.1. The summed E-state index contributed by atoms with van der Waals surface area (Å²) in [6.45, 7) is -0.586. The number of rotatable bonds is 7. The van der Waals surface area contributed by atoms with Crippen LogP contribution in [0.15, 0.2) is 18.2 Å². The van der Waals surface area contributed by atoms with Gasteiger partial charge in [-0.25, -0.2) is 10.3 Å². The first kappa shape index (κ1) is 14.8. The number of benzene rings is 1. The zero-order valence-corrected chi connectivity index (χ0v) is 10.6. The maximum atomic E-state index is 11.4. The lowest BCUT2D eigenvalue weighted by Gasteiger charge is -2.09. The van der Waals surface area contributed by atoms with Gasteiger partial charge in [0.1, 0.15) is 0 Å². The van der Waals surface area contributed by atoms with E-state index >= 15 is 0 Å². The van der Waals surface area contributed by atoms with Crippen LogP contribution in [0.4, 0.5) is 0 Å². The minimum absolute atomic E-state index is 0.0416. The molecule has 0 unspecified atom stereocenters. The summed E-state index contributed by atoms with van der Waals surface area (Å²) in [5.41, 5.74) is 2.73. The molecular formula is C12H15NO6. The highest BCUT2D eigenvalue weighted by Gasteiger charge is 2.08. The van der Waals surface area contributed by atoms with Crippen molar-refractivity contribution in [1.29, 1.82) is 0 Å². The molecule has 2 N–H and O–H groups in total. The fourth-order valence-corrected chi connectivity index (χ4v) is 1.39. The summed E-state index contributed by atoms with van der Waals surface area (Å²) in [6, 6.07) is 5.05. The van der Waals surface area contributed by atoms with Crippen molar-refractivity contribution in [2.24, 2.45) is 0 Å². The molecule has 0 aliphatic rings. The fourth-order valence-electron chi connectivity index (χ4n) is 1.39. The second kappa shape index (κ2) is 7.22. The van der Waals surface area contributed by atoms with Crippen LogP contribution < -0.4 is 15.0 Å². The number of hydrogen-bond donors (Lipinski definition) is 2. The van der Waals surface area contributed by atoms with Crippen molar-refractivity contribution in [3.63, 3.8) is 0 Å². The van der Waals surface area contributed by atoms with E-state index in [2.05, 4.69) is 4.84 Å². The summed E-state index contributed by atoms with van der Waals surface area (Å²) >= 11 is 0. The number of methoxy groups -OCH3 is 2. The van der Waals surface area contributed by atoms with Crippen LogP contribution in [0.5, 0.6) is 11.5 Å². The highest BCUT2D eigenvalue weighted by atomic mass is 16.7. The average Bonchev–Trinajstić information content (AvgIpc) is 2.38. The number of ether oxygens (including phenoxy) is 2. The number of hydrogen-bond acceptors (Lipinski definition) is 5. The Bertz CT molecular complexity index is 460. The highest BCUT2D eigenvalue weighted by Crippen LogP contribution is 2.27. The predicted octanol–water partition coefficient (Wildman–Crippen LogP) is 0.379. The summed E-state index contributed by atoms with van der Waals surface area (Å²) < 4.78 is 10.2. The molecule has 7 nitrogen and oxygen atoms in total. The Labute approximate surface area is 110 Å². The van der Waals surface area contributed by atoms with Crippen molar-refractivity contribution in [2.45, 2.75) is 6.42 Å². The van der Waals surface area contributed by atoms with E-state index < -0.39 is 18.5 Å². The van der Waals surface area contributed by atoms with Crippen molar-refractivity contribution < 1.29 is 29.0 Å². The average molecular weight is 269 g/mol. The zero-order chi connectivity index (χ0) is 14.3. The Hall–Kier alpha value is -2.28. The van der Waals surface area contributed by atoms with E-state index in [-0.39, 0.29) is 6.42 Å². The van der Waals surface area contributed by atoms with Gasteiger partial charge in [0.2, 0.25) is 5.91 Å². The monoisotopic (exact) mass is 269 g/mol. The van der Waals surface area contributed by atoms with E-state index in [4.69, 9.17) is 14.6 Å². The molecule has 19 heavy (non-hydrogen) atoms. The first-order chi connectivity index (χ1) is 9.06. The molecule has 0 saturated carbocycles. The standard InChI is InChI=1S/C12H15NO6/c1-17-9-4-3-8(5-10(9)18-2)6-11(14)13-19-7-12(15)16/h3-5H,6-7H2,1-2H3,(H,13,14)(H,15,16). The second-order valence-electron chi connectivity index (χ2n) is 3.57. The van der Waals surface area contributed by atoms with Crippen LogP contribution in [-0.2, 0) is 20.8 Å². The summed E-state index contributed by atoms with van der Waals surface area (Å²) in [5, 5.41) is 8.34. The number of amides is 1. The molecule has 0 spiro atoms. The number of carbonyl (C=O) groups excluding carboxylic acids is 1. The van der Waals surface area contributed by atoms with Gasteiger partial charge in [0.05, 0.1) is 20.6 Å². The third-order valence-electron chi connectivity index (χ3n) is 2.19. The molecule has 0 saturated heterocycles. The van der Waals surface area contributed by atoms with Gasteiger partial charge in [0.15, 0.2) is 18.1 Å². The van der Waals surface area contributed by atoms with Crippen LogP contribution in [0.3, 0.4) is 0 Å². The van der Waals surface area contributed by atoms with Crippen LogP contribution in [0, 0.1) is 0 Å². The van der Waals surface area contributed by atoms with Crippen molar-refractivity contribution in [2.75, 3.05) is 20.8 Å². The summed E-state index contributed by atoms with van der Waals surface area (Å²) in [5.74, 6) is -0.534. The predicted molar refractivity (Wildman–Crippen MR) is 65.0 cm³/mol. The summed E-state index contributed by atoms with van der Waals surface area (Å²) in [6.07, 6.45) is 0.0416. The van der Waals surface area contributed by atoms with Gasteiger partial charge in [-0.3, -0.25) is 9.63 Å². The SMILES string of the molecule is COc1ccc(CC(=O)NOCC(=O)O)cc1OC. The molecule has 104 valence electrons. The number of carbonyl (C=O) groups is 2. The Morgan fingerprint density at radius 3 is 2.47 bits per heavy atom. The Morgan fingerprint density at radius 1 is 1.21 bits per heavy atom. The lowest BCUT2D eigenvalue weighted by atomic mass is 10.1. The minimum Gasteiger partial charge on any atom is -0.493 e. The molecule has 0 radical (unpaired) electrons. The van der Waals surface area contributed by atoms with Gasteiger partial charge in [0, 0.05) is 0 Å². The maximum absolute atomic E-state index is 11.4. The van der Waals surface area contributed by atoms with E-state index in [9.17, 15) is 9.59 Å². The van der Waals surface area contributed by atoms with Crippen molar-refractivity contribution in [3.8, 4) is 11.5 Å². The van der Waals surface area contributed by atoms with Crippen molar-refractivity contribution >= 4 is 11.9 Å². The van der Waals surface area contributed by atoms with Crippen LogP contribution >= 0.6 is 0 Å². The molecule has 1 rings (SSSR count). The molecule has 7 heteroatoms. The molecule has 1 amide bonds. The van der Waals surface area contributed by atoms with Gasteiger partial charge in [-0.2, -0.15) is 0 Å². The quantitative estimate of drug-likeness (QED) is 0.695. The summed E-state index contributed by atoms with van der Waals surface area (Å²) in [7, 11) is 3.02. The van der Waals surface area contributed by atoms with Gasteiger partial charge in [-0.05, 0) is 17.7 Å². The Morgan fingerprint density at radius 2 is 1.89 bits per heavy atom. The number of carboxylic acid groups (broad SMARTS) is 1. The van der Waals surface area contributed by atoms with E-state index in [0.29, 0.717) is 17.1 Å². The molecule has 0 aliphatic heterocycles. The Balaban J connectivity index is 2.57. The van der Waals surface area contributed by atoms with Gasteiger partial charge in [-0.15, -0.1) is 0 Å². The fraction of sp³-hybridized carbons (Fsp3) is 0.333. The number of aliphatic carboxylic acids is 1. The van der Waals surface area contributed by atoms with E-state index in [0.717, 1.165) is 0 Å². The van der Waals surface area contributed by atoms with Crippen molar-refractivity contribution in [1.82, 2.24) is 5.48 Å². The molecule has 0 aliphatic carbocycles. The molecule has 0 atom stereocenters. The molecular weight excluding hydrogens is 254 g/mol. The first-order valence-corrected chi connectivity index (χ1v) is 5.40. The maximum Gasteiger partial charge on any atom is 0.332 e. The molecule has 0 fully saturated rings. The van der Waals surface area contributed by atoms with Gasteiger partial charge in [-0.1, -0.05) is 6.07 Å². The molecule has 1 aromatic carbocycles. The van der Waals surface area contributed by atoms with E-state index in [1.54, 1.807) is 18.2 Å². The number of nitrogens with one attached hydrogen (secondary N) is 1. The van der Waals surface area contributed by atoms with Gasteiger partial charge >= 0.3 is 5.97 Å². The highest BCUT2D eigenvalue weighted by molar-refractivity contribution is 5.78. The van der Waals surface area contributed by atoms with Crippen LogP contribution in [0.2, 0.25) is 0 Å². The van der Waals surface area contributed by atoms with Gasteiger partial charge in [0.25, 0.3) is 0 Å². The molecule has 1 aromatic rings. The molecule has 0 bridgehead atoms. The topological polar surface area (TPSA) is 94.1 Å². The van der Waals surface area contributed by atoms with E-state index in [1.165, 1.54) is 14.2 Å². The van der Waals surface area contributed by atoms with Gasteiger partial charge < -0.3 is 14.6 Å². The molecule has 0 aromatic heterocycles. The Kier molecular flexibility index (Phi) is 5.62. The van der Waals surface area contributed by atoms with Crippen LogP contribution in [0.25, 0.3) is 0 Å². The molecule has 0 heterocycles. The normalized spacial score (nSPS) is 9.79. The van der Waals surface area contributed by atoms with Crippen LogP contribution in [0.1, 0.15) is 5.56 Å². The first-order valence-electron chi connectivity index (χ1n) is 5.40. The number of carboxylic acids is 1. The van der Waals surface area contributed by atoms with Crippen molar-refractivity contribution in [3.05, 3.63) is 23.8 Å². The smallest absolute Gasteiger partial charge is 0.332 e. The largest absolute Gasteiger partial charge is 0.493 e. The third-order valence-corrected chi connectivity index (χ3v) is 2.19.